The first-order valence-corrected chi connectivity index (χ1v) is 30.7. The first-order valence-electron chi connectivity index (χ1n) is 30.7. The number of rotatable bonds is 14. The third-order valence-electron chi connectivity index (χ3n) is 16.0. The molecule has 0 saturated carbocycles. The Morgan fingerprint density at radius 2 is 0.809 bits per heavy atom. The van der Waals surface area contributed by atoms with Crippen LogP contribution in [0.2, 0.25) is 0 Å². The number of primary amides is 1. The number of nitrogens with zero attached hydrogens (tertiary/aromatic N) is 9. The van der Waals surface area contributed by atoms with E-state index in [0.717, 1.165) is 57.4 Å². The third-order valence-corrected chi connectivity index (χ3v) is 16.0. The average Bonchev–Trinajstić information content (AvgIpc) is 1.01. The van der Waals surface area contributed by atoms with E-state index < -0.39 is 17.7 Å². The highest BCUT2D eigenvalue weighted by atomic mass is 16.2. The van der Waals surface area contributed by atoms with Gasteiger partial charge in [0.2, 0.25) is 5.91 Å². The Hall–Kier alpha value is -11.8. The van der Waals surface area contributed by atoms with Crippen molar-refractivity contribution in [3.8, 4) is 33.8 Å². The van der Waals surface area contributed by atoms with Gasteiger partial charge < -0.3 is 58.9 Å². The highest BCUT2D eigenvalue weighted by Crippen LogP contribution is 2.27. The molecule has 0 spiro atoms. The number of nitrogens with two attached hydrogens (primary N) is 4. The molecule has 9 aromatic rings. The number of amides is 7. The van der Waals surface area contributed by atoms with Gasteiger partial charge in [0, 0.05) is 101 Å². The van der Waals surface area contributed by atoms with Crippen LogP contribution in [0.25, 0.3) is 33.8 Å². The predicted molar refractivity (Wildman–Crippen MR) is 379 cm³/mol. The molecule has 7 amide bonds. The van der Waals surface area contributed by atoms with Crippen molar-refractivity contribution >= 4 is 75.9 Å². The summed E-state index contributed by atoms with van der Waals surface area (Å²) in [5.74, 6) is -1.96. The lowest BCUT2D eigenvalue weighted by Gasteiger charge is -2.30. The summed E-state index contributed by atoms with van der Waals surface area (Å²) in [6.45, 7) is 4.49. The van der Waals surface area contributed by atoms with Crippen molar-refractivity contribution in [3.05, 3.63) is 216 Å². The molecule has 0 radical (unpaired) electrons. The number of likely N-dealkylation sites (tertiary alicyclic amines) is 3. The first kappa shape index (κ1) is 65.2. The average molecular weight is 1280 g/mol. The summed E-state index contributed by atoms with van der Waals surface area (Å²) >= 11 is 0. The number of hydrogen-bond donors (Lipinski definition) is 8. The zero-order valence-corrected chi connectivity index (χ0v) is 51.7. The highest BCUT2D eigenvalue weighted by Gasteiger charge is 2.28. The molecule has 3 aliphatic heterocycles. The molecule has 3 saturated heterocycles. The molecule has 3 aliphatic rings. The molecule has 24 heteroatoms. The second-order valence-electron chi connectivity index (χ2n) is 22.7. The number of carbonyl (C=O) groups excluding carboxylic acids is 7. The van der Waals surface area contributed by atoms with E-state index >= 15 is 0 Å². The molecular weight excluding hydrogens is 1190 g/mol. The molecule has 94 heavy (non-hydrogen) atoms. The monoisotopic (exact) mass is 1280 g/mol. The lowest BCUT2D eigenvalue weighted by molar-refractivity contribution is -0.123. The molecule has 6 aromatic carbocycles. The minimum absolute atomic E-state index is 0. The largest absolute Gasteiger partial charge is 0.382 e. The van der Waals surface area contributed by atoms with Gasteiger partial charge in [0.15, 0.2) is 34.5 Å². The number of para-hydroxylation sites is 3. The van der Waals surface area contributed by atoms with Crippen LogP contribution >= 0.6 is 0 Å². The van der Waals surface area contributed by atoms with Crippen LogP contribution in [0.4, 0.5) is 34.5 Å². The smallest absolute Gasteiger partial charge is 0.278 e. The molecule has 12 N–H and O–H groups in total. The van der Waals surface area contributed by atoms with Crippen molar-refractivity contribution in [2.75, 3.05) is 79.5 Å². The van der Waals surface area contributed by atoms with Crippen molar-refractivity contribution in [1.82, 2.24) is 49.9 Å². The third kappa shape index (κ3) is 17.0. The topological polar surface area (TPSA) is 359 Å². The summed E-state index contributed by atoms with van der Waals surface area (Å²) < 4.78 is 0. The van der Waals surface area contributed by atoms with E-state index in [1.165, 1.54) is 18.6 Å². The molecule has 0 bridgehead atoms. The first-order chi connectivity index (χ1) is 45.5. The number of anilines is 6. The van der Waals surface area contributed by atoms with Gasteiger partial charge in [-0.15, -0.1) is 0 Å². The van der Waals surface area contributed by atoms with Gasteiger partial charge in [-0.2, -0.15) is 0 Å². The normalized spacial score (nSPS) is 14.0. The van der Waals surface area contributed by atoms with E-state index in [1.54, 1.807) is 120 Å². The minimum Gasteiger partial charge on any atom is -0.382 e. The van der Waals surface area contributed by atoms with Crippen LogP contribution in [0.1, 0.15) is 114 Å². The van der Waals surface area contributed by atoms with Crippen LogP contribution in [0.5, 0.6) is 0 Å². The lowest BCUT2D eigenvalue weighted by Crippen LogP contribution is -2.43. The summed E-state index contributed by atoms with van der Waals surface area (Å²) in [5.41, 5.74) is 30.2. The van der Waals surface area contributed by atoms with Gasteiger partial charge in [-0.3, -0.25) is 33.6 Å². The van der Waals surface area contributed by atoms with Gasteiger partial charge in [-0.05, 0) is 131 Å². The second kappa shape index (κ2) is 30.8. The van der Waals surface area contributed by atoms with E-state index in [0.29, 0.717) is 87.9 Å². The fraction of sp³-hybridized carbons (Fsp3) is 0.214. The summed E-state index contributed by atoms with van der Waals surface area (Å²) in [7, 11) is 2.09. The Balaban J connectivity index is 0.000000741. The fourth-order valence-electron chi connectivity index (χ4n) is 10.7. The summed E-state index contributed by atoms with van der Waals surface area (Å²) in [5, 5.41) is 11.4. The summed E-state index contributed by atoms with van der Waals surface area (Å²) in [4.78, 5) is 119. The van der Waals surface area contributed by atoms with Gasteiger partial charge in [-0.25, -0.2) is 29.9 Å². The zero-order chi connectivity index (χ0) is 66.1. The molecule has 12 rings (SSSR count). The molecule has 3 fully saturated rings. The quantitative estimate of drug-likeness (QED) is 0.0501. The Kier molecular flexibility index (Phi) is 21.4. The summed E-state index contributed by atoms with van der Waals surface area (Å²) in [6.07, 6.45) is 9.59. The number of nitrogen functional groups attached to an aromatic ring is 3. The van der Waals surface area contributed by atoms with Crippen molar-refractivity contribution in [2.24, 2.45) is 11.7 Å². The van der Waals surface area contributed by atoms with E-state index in [4.69, 9.17) is 22.9 Å². The molecule has 0 unspecified atom stereocenters. The van der Waals surface area contributed by atoms with Crippen LogP contribution in [0.3, 0.4) is 0 Å². The predicted octanol–water partition coefficient (Wildman–Crippen LogP) is 10.5. The number of aromatic nitrogens is 6. The molecular formula is C70H89N17O7. The van der Waals surface area contributed by atoms with Crippen molar-refractivity contribution in [1.29, 1.82) is 0 Å². The number of piperidine rings is 2. The van der Waals surface area contributed by atoms with Crippen LogP contribution < -0.4 is 44.2 Å². The van der Waals surface area contributed by atoms with Crippen molar-refractivity contribution in [2.45, 2.75) is 44.6 Å². The maximum Gasteiger partial charge on any atom is 0.278 e. The van der Waals surface area contributed by atoms with Crippen molar-refractivity contribution in [3.63, 3.8) is 0 Å². The Labute approximate surface area is 556 Å². The highest BCUT2D eigenvalue weighted by molar-refractivity contribution is 6.08. The van der Waals surface area contributed by atoms with Crippen LogP contribution in [0.15, 0.2) is 182 Å². The molecule has 0 atom stereocenters. The van der Waals surface area contributed by atoms with E-state index in [2.05, 4.69) is 63.1 Å². The lowest BCUT2D eigenvalue weighted by atomic mass is 9.95. The van der Waals surface area contributed by atoms with Crippen LogP contribution in [-0.4, -0.2) is 138 Å². The molecule has 24 nitrogen and oxygen atoms in total. The zero-order valence-electron chi connectivity index (χ0n) is 51.7. The Morgan fingerprint density at radius 3 is 1.20 bits per heavy atom. The maximum absolute atomic E-state index is 13.0. The number of hydrogen-bond acceptors (Lipinski definition) is 17. The maximum atomic E-state index is 13.0. The van der Waals surface area contributed by atoms with Gasteiger partial charge in [0.1, 0.15) is 0 Å². The molecule has 0 aliphatic carbocycles. The molecule has 3 aromatic heterocycles. The molecule has 6 heterocycles. The van der Waals surface area contributed by atoms with Gasteiger partial charge >= 0.3 is 0 Å². The minimum atomic E-state index is -0.474. The van der Waals surface area contributed by atoms with E-state index in [-0.39, 0.29) is 83.0 Å². The number of benzene rings is 6. The van der Waals surface area contributed by atoms with Crippen LogP contribution in [0, 0.1) is 5.92 Å². The van der Waals surface area contributed by atoms with Gasteiger partial charge in [0.05, 0.1) is 35.7 Å². The number of nitrogens with one attached hydrogen (secondary N) is 4. The van der Waals surface area contributed by atoms with E-state index in [9.17, 15) is 33.6 Å². The fourth-order valence-corrected chi connectivity index (χ4v) is 10.7. The van der Waals surface area contributed by atoms with Crippen LogP contribution in [-0.2, 0) is 4.79 Å². The Bertz CT molecular complexity index is 4220. The number of carbonyl (C=O) groups is 7. The van der Waals surface area contributed by atoms with Gasteiger partial charge in [-0.1, -0.05) is 91.0 Å². The SMILES string of the molecule is CN1CCC(NC(=O)c2ccc(-c3cnc(N)c(C(=O)Nc4ccccc4)n3)cc2)CC1.NC(=O)C1CCN(C(=O)c2cccc(-c3cnc(N)c(C(=O)Nc4ccccc4)n3)c2)CC1.Nc1ncc(-c2cccc(C(=O)N3CCCC3)c2)nc1C(=O)Nc1ccccc1.[HH].[HH].[HH].[HH].[HH].[HH].[HH].[HH].[HH]. The molecule has 496 valence electrons. The van der Waals surface area contributed by atoms with Gasteiger partial charge in [0.25, 0.3) is 35.4 Å². The summed E-state index contributed by atoms with van der Waals surface area (Å²) in [6, 6.07) is 48.6. The standard InChI is InChI=1S/C24H24N6O3.C24H26N6O2.C22H21N5O2.9H2/c25-21-20(23(32)28-18-7-2-1-3-8-18)29-19(14-27-21)16-5-4-6-17(13-16)24(33)30-11-9-15(10-12-30)22(26)31;1-30-13-11-19(12-14-30)27-23(31)17-9-7-16(8-10-17)20-15-26-22(25)21(29-20)24(32)28-18-5-3-2-4-6-18;23-20-19(21(28)25-17-9-2-1-3-10-17)26-18(14-24-20)15-7-6-8-16(13-15)22(29)27-11-4-5-12-27;;;;;;;;;/h1-8,13-15H,9-12H2,(H2,25,27)(H2,26,31)(H,28,32);2-10,15,19H,11-14H2,1H3,(H2,25,26)(H,27,31)(H,28,32);1-3,6-10,13-14H,4-5,11-12H2,(H2,23,24)(H,25,28);9*1H. The van der Waals surface area contributed by atoms with E-state index in [1.807, 2.05) is 53.4 Å². The Morgan fingerprint density at radius 1 is 0.426 bits per heavy atom. The van der Waals surface area contributed by atoms with Crippen molar-refractivity contribution < 1.29 is 46.4 Å². The second-order valence-corrected chi connectivity index (χ2v) is 22.7.